The lowest BCUT2D eigenvalue weighted by molar-refractivity contribution is -0.123. The lowest BCUT2D eigenvalue weighted by atomic mass is 10.2. The first-order valence-electron chi connectivity index (χ1n) is 9.05. The molecule has 0 aliphatic rings. The van der Waals surface area contributed by atoms with Gasteiger partial charge in [0.2, 0.25) is 10.0 Å². The number of anilines is 1. The van der Waals surface area contributed by atoms with Gasteiger partial charge in [0.05, 0.1) is 11.1 Å². The number of amides is 1. The molecule has 3 aromatic rings. The molecule has 3 N–H and O–H groups in total. The van der Waals surface area contributed by atoms with Gasteiger partial charge in [-0.2, -0.15) is 0 Å². The second kappa shape index (κ2) is 9.37. The minimum Gasteiger partial charge on any atom is -0.455 e. The topological polar surface area (TPSA) is 138 Å². The second-order valence-electron chi connectivity index (χ2n) is 6.39. The van der Waals surface area contributed by atoms with Crippen LogP contribution in [0.25, 0.3) is 0 Å². The molecule has 0 saturated heterocycles. The Hall–Kier alpha value is -3.76. The Morgan fingerprint density at radius 2 is 1.74 bits per heavy atom. The third kappa shape index (κ3) is 5.87. The number of benzene rings is 2. The van der Waals surface area contributed by atoms with Crippen LogP contribution in [0.2, 0.25) is 0 Å². The lowest BCUT2D eigenvalue weighted by Crippen LogP contribution is -2.30. The highest BCUT2D eigenvalue weighted by Gasteiger charge is 2.22. The van der Waals surface area contributed by atoms with Crippen LogP contribution in [-0.4, -0.2) is 31.4 Å². The molecule has 2 aromatic carbocycles. The number of para-hydroxylation sites is 1. The standard InChI is InChI=1S/C21H19N3O6S/c1-14(20(25)24-15-8-10-17(11-9-15)31(22,27)28)29-21(26)18-6-2-3-7-19(18)30-16-5-4-12-23-13-16/h2-14H,1H3,(H,24,25)(H2,22,27,28). The zero-order chi connectivity index (χ0) is 22.4. The first kappa shape index (κ1) is 21.9. The van der Waals surface area contributed by atoms with Crippen LogP contribution in [0, 0.1) is 0 Å². The molecule has 0 spiro atoms. The summed E-state index contributed by atoms with van der Waals surface area (Å²) >= 11 is 0. The largest absolute Gasteiger partial charge is 0.455 e. The maximum atomic E-state index is 12.6. The van der Waals surface area contributed by atoms with Crippen molar-refractivity contribution >= 4 is 27.6 Å². The molecule has 9 nitrogen and oxygen atoms in total. The van der Waals surface area contributed by atoms with E-state index in [0.29, 0.717) is 11.4 Å². The van der Waals surface area contributed by atoms with E-state index in [1.54, 1.807) is 36.5 Å². The van der Waals surface area contributed by atoms with Crippen LogP contribution in [0.1, 0.15) is 17.3 Å². The van der Waals surface area contributed by atoms with E-state index in [-0.39, 0.29) is 16.2 Å². The normalized spacial score (nSPS) is 11.9. The summed E-state index contributed by atoms with van der Waals surface area (Å²) in [6.45, 7) is 1.41. The molecule has 0 bridgehead atoms. The maximum absolute atomic E-state index is 12.6. The van der Waals surface area contributed by atoms with Gasteiger partial charge in [-0.05, 0) is 55.5 Å². The molecule has 1 heterocycles. The number of aromatic nitrogens is 1. The van der Waals surface area contributed by atoms with Gasteiger partial charge in [0.25, 0.3) is 5.91 Å². The number of pyridine rings is 1. The van der Waals surface area contributed by atoms with Crippen LogP contribution >= 0.6 is 0 Å². The average Bonchev–Trinajstić information content (AvgIpc) is 2.74. The minimum atomic E-state index is -3.84. The molecule has 0 aliphatic carbocycles. The number of nitrogens with two attached hydrogens (primary N) is 1. The van der Waals surface area contributed by atoms with E-state index in [1.165, 1.54) is 43.5 Å². The number of ether oxygens (including phenoxy) is 2. The van der Waals surface area contributed by atoms with Crippen LogP contribution in [-0.2, 0) is 19.6 Å². The number of hydrogen-bond acceptors (Lipinski definition) is 7. The lowest BCUT2D eigenvalue weighted by Gasteiger charge is -2.15. The maximum Gasteiger partial charge on any atom is 0.342 e. The number of carbonyl (C=O) groups excluding carboxylic acids is 2. The Morgan fingerprint density at radius 1 is 1.03 bits per heavy atom. The van der Waals surface area contributed by atoms with Crippen molar-refractivity contribution in [2.45, 2.75) is 17.9 Å². The predicted molar refractivity (Wildman–Crippen MR) is 112 cm³/mol. The molecule has 10 heteroatoms. The molecule has 3 rings (SSSR count). The zero-order valence-corrected chi connectivity index (χ0v) is 17.2. The number of nitrogens with one attached hydrogen (secondary N) is 1. The number of primary sulfonamides is 1. The van der Waals surface area contributed by atoms with Gasteiger partial charge in [-0.25, -0.2) is 18.4 Å². The molecule has 1 unspecified atom stereocenters. The van der Waals surface area contributed by atoms with Crippen molar-refractivity contribution in [1.82, 2.24) is 4.98 Å². The van der Waals surface area contributed by atoms with Gasteiger partial charge < -0.3 is 14.8 Å². The van der Waals surface area contributed by atoms with Gasteiger partial charge in [-0.1, -0.05) is 12.1 Å². The Balaban J connectivity index is 1.66. The fourth-order valence-electron chi connectivity index (χ4n) is 2.51. The summed E-state index contributed by atoms with van der Waals surface area (Å²) in [5.41, 5.74) is 0.462. The Bertz CT molecular complexity index is 1180. The number of sulfonamides is 1. The van der Waals surface area contributed by atoms with Crippen LogP contribution in [0.15, 0.2) is 78.0 Å². The monoisotopic (exact) mass is 441 g/mol. The second-order valence-corrected chi connectivity index (χ2v) is 7.95. The van der Waals surface area contributed by atoms with Crippen LogP contribution in [0.4, 0.5) is 5.69 Å². The van der Waals surface area contributed by atoms with Crippen molar-refractivity contribution in [3.63, 3.8) is 0 Å². The van der Waals surface area contributed by atoms with E-state index in [1.807, 2.05) is 0 Å². The van der Waals surface area contributed by atoms with Crippen LogP contribution in [0.3, 0.4) is 0 Å². The first-order valence-corrected chi connectivity index (χ1v) is 10.6. The van der Waals surface area contributed by atoms with E-state index >= 15 is 0 Å². The van der Waals surface area contributed by atoms with Crippen molar-refractivity contribution in [1.29, 1.82) is 0 Å². The molecule has 31 heavy (non-hydrogen) atoms. The quantitative estimate of drug-likeness (QED) is 0.538. The van der Waals surface area contributed by atoms with Gasteiger partial charge >= 0.3 is 5.97 Å². The Labute approximate surface area is 178 Å². The minimum absolute atomic E-state index is 0.0878. The summed E-state index contributed by atoms with van der Waals surface area (Å²) < 4.78 is 33.5. The molecule has 0 aliphatic heterocycles. The molecular formula is C21H19N3O6S. The molecule has 0 fully saturated rings. The molecule has 0 saturated carbocycles. The van der Waals surface area contributed by atoms with Crippen molar-refractivity contribution in [2.75, 3.05) is 5.32 Å². The third-order valence-electron chi connectivity index (χ3n) is 4.07. The molecule has 1 atom stereocenters. The number of esters is 1. The van der Waals surface area contributed by atoms with E-state index in [0.717, 1.165) is 0 Å². The molecular weight excluding hydrogens is 422 g/mol. The van der Waals surface area contributed by atoms with Crippen molar-refractivity contribution in [3.05, 3.63) is 78.6 Å². The van der Waals surface area contributed by atoms with Crippen molar-refractivity contribution in [2.24, 2.45) is 5.14 Å². The predicted octanol–water partition coefficient (Wildman–Crippen LogP) is 2.71. The summed E-state index contributed by atoms with van der Waals surface area (Å²) in [6.07, 6.45) is 1.96. The number of hydrogen-bond donors (Lipinski definition) is 2. The summed E-state index contributed by atoms with van der Waals surface area (Å²) in [7, 11) is -3.84. The number of rotatable bonds is 7. The molecule has 160 valence electrons. The smallest absolute Gasteiger partial charge is 0.342 e. The fourth-order valence-corrected chi connectivity index (χ4v) is 3.02. The molecule has 1 aromatic heterocycles. The third-order valence-corrected chi connectivity index (χ3v) is 5.00. The SMILES string of the molecule is CC(OC(=O)c1ccccc1Oc1cccnc1)C(=O)Nc1ccc(S(N)(=O)=O)cc1. The highest BCUT2D eigenvalue weighted by molar-refractivity contribution is 7.89. The van der Waals surface area contributed by atoms with Gasteiger partial charge in [-0.15, -0.1) is 0 Å². The average molecular weight is 441 g/mol. The van der Waals surface area contributed by atoms with Crippen LogP contribution in [0.5, 0.6) is 11.5 Å². The van der Waals surface area contributed by atoms with E-state index in [4.69, 9.17) is 14.6 Å². The number of nitrogens with zero attached hydrogens (tertiary/aromatic N) is 1. The van der Waals surface area contributed by atoms with Crippen molar-refractivity contribution < 1.29 is 27.5 Å². The highest BCUT2D eigenvalue weighted by atomic mass is 32.2. The van der Waals surface area contributed by atoms with Gasteiger partial charge in [-0.3, -0.25) is 9.78 Å². The van der Waals surface area contributed by atoms with E-state index < -0.39 is 28.0 Å². The molecule has 1 amide bonds. The Kier molecular flexibility index (Phi) is 6.63. The zero-order valence-electron chi connectivity index (χ0n) is 16.4. The fraction of sp³-hybridized carbons (Fsp3) is 0.0952. The highest BCUT2D eigenvalue weighted by Crippen LogP contribution is 2.25. The van der Waals surface area contributed by atoms with Crippen LogP contribution < -0.4 is 15.2 Å². The van der Waals surface area contributed by atoms with E-state index in [9.17, 15) is 18.0 Å². The van der Waals surface area contributed by atoms with Crippen molar-refractivity contribution in [3.8, 4) is 11.5 Å². The Morgan fingerprint density at radius 3 is 2.39 bits per heavy atom. The summed E-state index contributed by atoms with van der Waals surface area (Å²) in [5.74, 6) is -0.641. The molecule has 0 radical (unpaired) electrons. The summed E-state index contributed by atoms with van der Waals surface area (Å²) in [6, 6.07) is 15.1. The van der Waals surface area contributed by atoms with Gasteiger partial charge in [0.1, 0.15) is 17.1 Å². The van der Waals surface area contributed by atoms with Gasteiger partial charge in [0.15, 0.2) is 6.10 Å². The summed E-state index contributed by atoms with van der Waals surface area (Å²) in [5, 5.41) is 7.58. The van der Waals surface area contributed by atoms with E-state index in [2.05, 4.69) is 10.3 Å². The summed E-state index contributed by atoms with van der Waals surface area (Å²) in [4.78, 5) is 28.8. The number of carbonyl (C=O) groups is 2. The first-order chi connectivity index (χ1) is 14.7. The van der Waals surface area contributed by atoms with Gasteiger partial charge in [0, 0.05) is 11.9 Å².